The summed E-state index contributed by atoms with van der Waals surface area (Å²) in [4.78, 5) is 0. The highest BCUT2D eigenvalue weighted by Gasteiger charge is 2.16. The van der Waals surface area contributed by atoms with Gasteiger partial charge in [0.05, 0.1) is 6.61 Å². The molecule has 1 aliphatic heterocycles. The molecule has 0 bridgehead atoms. The van der Waals surface area contributed by atoms with Crippen LogP contribution in [0.15, 0.2) is 18.2 Å². The summed E-state index contributed by atoms with van der Waals surface area (Å²) in [5.41, 5.74) is 3.02. The van der Waals surface area contributed by atoms with Crippen molar-refractivity contribution in [2.24, 2.45) is 5.92 Å². The Labute approximate surface area is 97.0 Å². The van der Waals surface area contributed by atoms with Crippen molar-refractivity contribution in [2.75, 3.05) is 19.7 Å². The summed E-state index contributed by atoms with van der Waals surface area (Å²) in [7, 11) is 0. The molecule has 0 spiro atoms. The molecular formula is C14H19NO. The van der Waals surface area contributed by atoms with Gasteiger partial charge in [-0.15, -0.1) is 0 Å². The molecule has 16 heavy (non-hydrogen) atoms. The Kier molecular flexibility index (Phi) is 2.83. The molecule has 1 N–H and O–H groups in total. The predicted molar refractivity (Wildman–Crippen MR) is 64.9 cm³/mol. The number of hydrogen-bond acceptors (Lipinski definition) is 2. The lowest BCUT2D eigenvalue weighted by Gasteiger charge is -2.11. The Morgan fingerprint density at radius 2 is 2.19 bits per heavy atom. The van der Waals surface area contributed by atoms with Crippen molar-refractivity contribution in [3.8, 4) is 5.75 Å². The average molecular weight is 217 g/mol. The van der Waals surface area contributed by atoms with Crippen LogP contribution in [0.4, 0.5) is 0 Å². The van der Waals surface area contributed by atoms with Crippen molar-refractivity contribution >= 4 is 0 Å². The first-order valence-electron chi connectivity index (χ1n) is 6.37. The van der Waals surface area contributed by atoms with E-state index in [0.29, 0.717) is 5.92 Å². The summed E-state index contributed by atoms with van der Waals surface area (Å²) in [5, 5.41) is 3.37. The van der Waals surface area contributed by atoms with Crippen LogP contribution < -0.4 is 10.1 Å². The summed E-state index contributed by atoms with van der Waals surface area (Å²) >= 11 is 0. The van der Waals surface area contributed by atoms with Crippen molar-refractivity contribution in [2.45, 2.75) is 25.7 Å². The van der Waals surface area contributed by atoms with E-state index in [-0.39, 0.29) is 0 Å². The fourth-order valence-electron chi connectivity index (χ4n) is 2.71. The molecule has 1 heterocycles. The molecule has 86 valence electrons. The van der Waals surface area contributed by atoms with Gasteiger partial charge in [0.15, 0.2) is 0 Å². The van der Waals surface area contributed by atoms with Crippen molar-refractivity contribution in [3.05, 3.63) is 29.3 Å². The second kappa shape index (κ2) is 4.46. The van der Waals surface area contributed by atoms with Crippen molar-refractivity contribution in [1.29, 1.82) is 0 Å². The van der Waals surface area contributed by atoms with E-state index < -0.39 is 0 Å². The second-order valence-corrected chi connectivity index (χ2v) is 4.95. The number of nitrogens with one attached hydrogen (secondary N) is 1. The first-order valence-corrected chi connectivity index (χ1v) is 6.37. The number of hydrogen-bond donors (Lipinski definition) is 1. The topological polar surface area (TPSA) is 21.3 Å². The summed E-state index contributed by atoms with van der Waals surface area (Å²) in [6.07, 6.45) is 5.05. The molecule has 1 aliphatic carbocycles. The number of benzene rings is 1. The maximum atomic E-state index is 5.88. The normalized spacial score (nSPS) is 23.4. The lowest BCUT2D eigenvalue weighted by atomic mass is 10.1. The molecule has 2 aliphatic rings. The van der Waals surface area contributed by atoms with Gasteiger partial charge in [-0.3, -0.25) is 0 Å². The molecule has 0 radical (unpaired) electrons. The summed E-state index contributed by atoms with van der Waals surface area (Å²) in [5.74, 6) is 1.76. The Morgan fingerprint density at radius 3 is 3.06 bits per heavy atom. The first-order chi connectivity index (χ1) is 7.92. The molecular weight excluding hydrogens is 198 g/mol. The van der Waals surface area contributed by atoms with Gasteiger partial charge in [0, 0.05) is 12.5 Å². The maximum absolute atomic E-state index is 5.88. The summed E-state index contributed by atoms with van der Waals surface area (Å²) in [6, 6.07) is 6.61. The first kappa shape index (κ1) is 10.2. The minimum atomic E-state index is 0.702. The molecule has 1 saturated heterocycles. The molecule has 0 amide bonds. The molecule has 2 heteroatoms. The standard InChI is InChI=1S/C14H19NO/c1-2-12-4-5-14(8-13(12)3-1)16-10-11-6-7-15-9-11/h4-5,8,11,15H,1-3,6-7,9-10H2. The molecule has 2 nitrogen and oxygen atoms in total. The van der Waals surface area contributed by atoms with Gasteiger partial charge in [0.25, 0.3) is 0 Å². The van der Waals surface area contributed by atoms with Crippen LogP contribution in [0, 0.1) is 5.92 Å². The molecule has 1 aromatic carbocycles. The van der Waals surface area contributed by atoms with Gasteiger partial charge in [0.2, 0.25) is 0 Å². The smallest absolute Gasteiger partial charge is 0.119 e. The zero-order valence-corrected chi connectivity index (χ0v) is 9.67. The third-order valence-electron chi connectivity index (χ3n) is 3.72. The number of aryl methyl sites for hydroxylation is 2. The van der Waals surface area contributed by atoms with Gasteiger partial charge in [0.1, 0.15) is 5.75 Å². The lowest BCUT2D eigenvalue weighted by Crippen LogP contribution is -2.15. The number of ether oxygens (including phenoxy) is 1. The fourth-order valence-corrected chi connectivity index (χ4v) is 2.71. The van der Waals surface area contributed by atoms with Crippen LogP contribution in [0.2, 0.25) is 0 Å². The molecule has 0 saturated carbocycles. The minimum absolute atomic E-state index is 0.702. The highest BCUT2D eigenvalue weighted by Crippen LogP contribution is 2.26. The Balaban J connectivity index is 1.61. The van der Waals surface area contributed by atoms with Crippen LogP contribution in [0.3, 0.4) is 0 Å². The number of fused-ring (bicyclic) bond motifs is 1. The highest BCUT2D eigenvalue weighted by atomic mass is 16.5. The molecule has 1 aromatic rings. The van der Waals surface area contributed by atoms with E-state index in [1.807, 2.05) is 0 Å². The Hall–Kier alpha value is -1.02. The quantitative estimate of drug-likeness (QED) is 0.837. The van der Waals surface area contributed by atoms with E-state index in [0.717, 1.165) is 25.4 Å². The van der Waals surface area contributed by atoms with Crippen molar-refractivity contribution < 1.29 is 4.74 Å². The lowest BCUT2D eigenvalue weighted by molar-refractivity contribution is 0.260. The number of rotatable bonds is 3. The van der Waals surface area contributed by atoms with Crippen LogP contribution in [-0.4, -0.2) is 19.7 Å². The van der Waals surface area contributed by atoms with Crippen LogP contribution in [0.5, 0.6) is 5.75 Å². The van der Waals surface area contributed by atoms with Gasteiger partial charge < -0.3 is 10.1 Å². The van der Waals surface area contributed by atoms with E-state index >= 15 is 0 Å². The summed E-state index contributed by atoms with van der Waals surface area (Å²) < 4.78 is 5.88. The third kappa shape index (κ3) is 2.07. The van der Waals surface area contributed by atoms with Gasteiger partial charge in [-0.05, 0) is 55.5 Å². The minimum Gasteiger partial charge on any atom is -0.493 e. The highest BCUT2D eigenvalue weighted by molar-refractivity contribution is 5.38. The average Bonchev–Trinajstić information content (AvgIpc) is 2.97. The van der Waals surface area contributed by atoms with E-state index in [9.17, 15) is 0 Å². The zero-order chi connectivity index (χ0) is 10.8. The van der Waals surface area contributed by atoms with Gasteiger partial charge in [-0.2, -0.15) is 0 Å². The second-order valence-electron chi connectivity index (χ2n) is 4.95. The molecule has 1 unspecified atom stereocenters. The van der Waals surface area contributed by atoms with Crippen molar-refractivity contribution in [1.82, 2.24) is 5.32 Å². The van der Waals surface area contributed by atoms with E-state index in [4.69, 9.17) is 4.74 Å². The van der Waals surface area contributed by atoms with Gasteiger partial charge in [-0.25, -0.2) is 0 Å². The van der Waals surface area contributed by atoms with Crippen LogP contribution in [-0.2, 0) is 12.8 Å². The van der Waals surface area contributed by atoms with Crippen molar-refractivity contribution in [3.63, 3.8) is 0 Å². The molecule has 3 rings (SSSR count). The largest absolute Gasteiger partial charge is 0.493 e. The summed E-state index contributed by atoms with van der Waals surface area (Å²) in [6.45, 7) is 3.13. The monoisotopic (exact) mass is 217 g/mol. The maximum Gasteiger partial charge on any atom is 0.119 e. The Morgan fingerprint density at radius 1 is 1.25 bits per heavy atom. The van der Waals surface area contributed by atoms with Gasteiger partial charge >= 0.3 is 0 Å². The van der Waals surface area contributed by atoms with E-state index in [2.05, 4.69) is 23.5 Å². The third-order valence-corrected chi connectivity index (χ3v) is 3.72. The Bertz CT molecular complexity index is 369. The molecule has 1 atom stereocenters. The van der Waals surface area contributed by atoms with E-state index in [1.165, 1.54) is 36.8 Å². The zero-order valence-electron chi connectivity index (χ0n) is 9.67. The molecule has 0 aromatic heterocycles. The predicted octanol–water partition coefficient (Wildman–Crippen LogP) is 2.16. The van der Waals surface area contributed by atoms with E-state index in [1.54, 1.807) is 0 Å². The van der Waals surface area contributed by atoms with Crippen LogP contribution in [0.25, 0.3) is 0 Å². The van der Waals surface area contributed by atoms with Crippen LogP contribution >= 0.6 is 0 Å². The van der Waals surface area contributed by atoms with Gasteiger partial charge in [-0.1, -0.05) is 6.07 Å². The molecule has 1 fully saturated rings. The SMILES string of the molecule is c1cc2c(cc1OCC1CCNC1)CCC2. The fraction of sp³-hybridized carbons (Fsp3) is 0.571. The van der Waals surface area contributed by atoms with Crippen LogP contribution in [0.1, 0.15) is 24.0 Å².